The van der Waals surface area contributed by atoms with Gasteiger partial charge in [0, 0.05) is 6.07 Å². The zero-order valence-electron chi connectivity index (χ0n) is 8.19. The molecule has 2 heterocycles. The Kier molecular flexibility index (Phi) is 1.76. The minimum absolute atomic E-state index is 0.568. The van der Waals surface area contributed by atoms with Gasteiger partial charge in [-0.15, -0.1) is 15.0 Å². The van der Waals surface area contributed by atoms with E-state index in [0.717, 1.165) is 5.22 Å². The second-order valence-electron chi connectivity index (χ2n) is 3.25. The maximum absolute atomic E-state index is 11.7. The fraction of sp³-hybridized carbons (Fsp3) is 0. The van der Waals surface area contributed by atoms with Crippen molar-refractivity contribution in [3.8, 4) is 0 Å². The standard InChI is InChI=1S/C9H8N6O/c16-15-9-4-2-1-3-8(9)7-14(12-15)13-6-5-10-11-13/h1-7,12H. The highest BCUT2D eigenvalue weighted by Gasteiger charge is 2.12. The SMILES string of the molecule is [O-][N+]1=c2ccccc2=CN(n2ccnn2)N1. The van der Waals surface area contributed by atoms with Crippen LogP contribution in [0.25, 0.3) is 6.20 Å². The quantitative estimate of drug-likeness (QED) is 0.444. The number of aromatic nitrogens is 3. The zero-order valence-corrected chi connectivity index (χ0v) is 8.19. The Balaban J connectivity index is 2.17. The maximum Gasteiger partial charge on any atom is 0.252 e. The first-order valence-electron chi connectivity index (χ1n) is 4.68. The van der Waals surface area contributed by atoms with Crippen LogP contribution in [0.1, 0.15) is 0 Å². The number of benzene rings is 1. The van der Waals surface area contributed by atoms with Crippen molar-refractivity contribution >= 4 is 6.20 Å². The Morgan fingerprint density at radius 2 is 2.19 bits per heavy atom. The number of hydrazine groups is 2. The molecule has 2 aromatic rings. The first-order chi connectivity index (χ1) is 7.84. The number of hydrogen-bond acceptors (Lipinski definition) is 5. The molecule has 80 valence electrons. The van der Waals surface area contributed by atoms with Gasteiger partial charge in [0.2, 0.25) is 0 Å². The number of fused-ring (bicyclic) bond motifs is 1. The molecular weight excluding hydrogens is 208 g/mol. The van der Waals surface area contributed by atoms with E-state index in [0.29, 0.717) is 10.2 Å². The number of nitrogens with zero attached hydrogens (tertiary/aromatic N) is 5. The molecule has 0 radical (unpaired) electrons. The first-order valence-corrected chi connectivity index (χ1v) is 4.68. The molecule has 0 fully saturated rings. The molecule has 0 saturated heterocycles. The van der Waals surface area contributed by atoms with Crippen molar-refractivity contribution in [3.05, 3.63) is 52.4 Å². The Bertz CT molecular complexity index is 620. The smallest absolute Gasteiger partial charge is 0.252 e. The van der Waals surface area contributed by atoms with Gasteiger partial charge in [0.15, 0.2) is 0 Å². The summed E-state index contributed by atoms with van der Waals surface area (Å²) in [5, 5.41) is 22.0. The van der Waals surface area contributed by atoms with E-state index in [1.165, 1.54) is 16.1 Å². The lowest BCUT2D eigenvalue weighted by atomic mass is 10.3. The van der Waals surface area contributed by atoms with Crippen LogP contribution in [0, 0.1) is 5.21 Å². The van der Waals surface area contributed by atoms with Gasteiger partial charge in [-0.25, -0.2) is 0 Å². The van der Waals surface area contributed by atoms with Crippen molar-refractivity contribution in [1.29, 1.82) is 0 Å². The summed E-state index contributed by atoms with van der Waals surface area (Å²) < 4.78 is 0. The molecule has 0 aliphatic carbocycles. The molecule has 7 heteroatoms. The normalized spacial score (nSPS) is 14.0. The molecule has 0 atom stereocenters. The fourth-order valence-electron chi connectivity index (χ4n) is 1.51. The van der Waals surface area contributed by atoms with Crippen LogP contribution in [0.3, 0.4) is 0 Å². The highest BCUT2D eigenvalue weighted by atomic mass is 16.5. The number of rotatable bonds is 1. The number of nitrogens with one attached hydrogen (secondary N) is 1. The molecule has 1 aromatic carbocycles. The third-order valence-electron chi connectivity index (χ3n) is 2.24. The van der Waals surface area contributed by atoms with Crippen molar-refractivity contribution in [1.82, 2.24) is 25.5 Å². The Labute approximate surface area is 90.0 Å². The van der Waals surface area contributed by atoms with Crippen LogP contribution in [-0.2, 0) is 0 Å². The van der Waals surface area contributed by atoms with Crippen LogP contribution >= 0.6 is 0 Å². The average Bonchev–Trinajstić information content (AvgIpc) is 2.82. The molecule has 0 saturated carbocycles. The molecule has 1 N–H and O–H groups in total. The van der Waals surface area contributed by atoms with Crippen molar-refractivity contribution in [2.45, 2.75) is 0 Å². The van der Waals surface area contributed by atoms with Crippen molar-refractivity contribution in [3.63, 3.8) is 0 Å². The average molecular weight is 216 g/mol. The second-order valence-corrected chi connectivity index (χ2v) is 3.25. The summed E-state index contributed by atoms with van der Waals surface area (Å²) in [4.78, 5) is 2.10. The van der Waals surface area contributed by atoms with E-state index in [-0.39, 0.29) is 0 Å². The number of para-hydroxylation sites is 1. The summed E-state index contributed by atoms with van der Waals surface area (Å²) in [6.07, 6.45) is 4.93. The van der Waals surface area contributed by atoms with Gasteiger partial charge in [-0.2, -0.15) is 0 Å². The van der Waals surface area contributed by atoms with E-state index >= 15 is 0 Å². The summed E-state index contributed by atoms with van der Waals surface area (Å²) in [7, 11) is 0. The van der Waals surface area contributed by atoms with Crippen molar-refractivity contribution < 1.29 is 0 Å². The monoisotopic (exact) mass is 216 g/mol. The largest absolute Gasteiger partial charge is 0.594 e. The lowest BCUT2D eigenvalue weighted by molar-refractivity contribution is 0.425. The van der Waals surface area contributed by atoms with Crippen molar-refractivity contribution in [2.75, 3.05) is 5.12 Å². The molecule has 1 aromatic heterocycles. The fourth-order valence-corrected chi connectivity index (χ4v) is 1.51. The lowest BCUT2D eigenvalue weighted by Gasteiger charge is -2.20. The summed E-state index contributed by atoms with van der Waals surface area (Å²) in [6, 6.07) is 7.27. The van der Waals surface area contributed by atoms with E-state index in [1.54, 1.807) is 18.5 Å². The minimum Gasteiger partial charge on any atom is -0.594 e. The van der Waals surface area contributed by atoms with Crippen LogP contribution in [0.2, 0.25) is 0 Å². The van der Waals surface area contributed by atoms with E-state index in [2.05, 4.69) is 15.8 Å². The molecule has 1 aliphatic rings. The molecule has 1 aliphatic heterocycles. The Morgan fingerprint density at radius 1 is 1.31 bits per heavy atom. The van der Waals surface area contributed by atoms with Crippen LogP contribution < -0.4 is 26.1 Å². The van der Waals surface area contributed by atoms with Gasteiger partial charge >= 0.3 is 0 Å². The van der Waals surface area contributed by atoms with E-state index in [1.807, 2.05) is 18.2 Å². The Morgan fingerprint density at radius 3 is 3.00 bits per heavy atom. The van der Waals surface area contributed by atoms with Gasteiger partial charge in [0.1, 0.15) is 0 Å². The van der Waals surface area contributed by atoms with Gasteiger partial charge < -0.3 is 5.21 Å². The summed E-state index contributed by atoms with van der Waals surface area (Å²) in [5.74, 6) is 0. The van der Waals surface area contributed by atoms with Crippen molar-refractivity contribution in [2.24, 2.45) is 0 Å². The first kappa shape index (κ1) is 8.72. The maximum atomic E-state index is 11.7. The lowest BCUT2D eigenvalue weighted by Crippen LogP contribution is -2.59. The van der Waals surface area contributed by atoms with Crippen LogP contribution in [0.5, 0.6) is 0 Å². The third kappa shape index (κ3) is 1.26. The molecular formula is C9H8N6O. The van der Waals surface area contributed by atoms with E-state index < -0.39 is 0 Å². The molecule has 0 amide bonds. The van der Waals surface area contributed by atoms with Gasteiger partial charge in [-0.3, -0.25) is 0 Å². The van der Waals surface area contributed by atoms with Gasteiger partial charge in [0.25, 0.3) is 5.36 Å². The second kappa shape index (κ2) is 3.23. The summed E-state index contributed by atoms with van der Waals surface area (Å²) in [6.45, 7) is 0. The zero-order chi connectivity index (χ0) is 11.0. The van der Waals surface area contributed by atoms with E-state index in [4.69, 9.17) is 0 Å². The predicted octanol–water partition coefficient (Wildman–Crippen LogP) is -1.92. The van der Waals surface area contributed by atoms with Crippen LogP contribution in [-0.4, -0.2) is 15.1 Å². The Hall–Kier alpha value is -2.57. The molecule has 0 unspecified atom stereocenters. The van der Waals surface area contributed by atoms with Gasteiger partial charge in [-0.1, -0.05) is 22.5 Å². The highest BCUT2D eigenvalue weighted by molar-refractivity contribution is 5.32. The van der Waals surface area contributed by atoms with Crippen LogP contribution in [0.15, 0.2) is 36.7 Å². The third-order valence-corrected chi connectivity index (χ3v) is 2.24. The molecule has 3 rings (SSSR count). The molecule has 0 spiro atoms. The van der Waals surface area contributed by atoms with Crippen LogP contribution in [0.4, 0.5) is 0 Å². The summed E-state index contributed by atoms with van der Waals surface area (Å²) in [5.41, 5.74) is 2.59. The predicted molar refractivity (Wildman–Crippen MR) is 56.1 cm³/mol. The highest BCUT2D eigenvalue weighted by Crippen LogP contribution is 1.86. The van der Waals surface area contributed by atoms with E-state index in [9.17, 15) is 5.21 Å². The number of hydrogen-bond donors (Lipinski definition) is 1. The van der Waals surface area contributed by atoms with Gasteiger partial charge in [-0.05, 0) is 11.3 Å². The minimum atomic E-state index is 0.568. The molecule has 16 heavy (non-hydrogen) atoms. The molecule has 0 bridgehead atoms. The summed E-state index contributed by atoms with van der Waals surface area (Å²) >= 11 is 0. The molecule has 7 nitrogen and oxygen atoms in total. The van der Waals surface area contributed by atoms with Gasteiger partial charge in [0.05, 0.1) is 23.8 Å². The topological polar surface area (TPSA) is 72.0 Å².